The largest absolute Gasteiger partial charge is 0.444 e. The Morgan fingerprint density at radius 3 is 2.30 bits per heavy atom. The first-order valence-electron chi connectivity index (χ1n) is 13.3. The van der Waals surface area contributed by atoms with E-state index in [4.69, 9.17) is 10.5 Å². The lowest BCUT2D eigenvalue weighted by molar-refractivity contribution is -0.142. The number of amides is 4. The Morgan fingerprint density at radius 2 is 1.73 bits per heavy atom. The highest BCUT2D eigenvalue weighted by Crippen LogP contribution is 2.25. The number of benzene rings is 1. The van der Waals surface area contributed by atoms with Crippen molar-refractivity contribution < 1.29 is 23.9 Å². The molecule has 1 rings (SSSR count). The number of nitrogens with one attached hydrogen (secondary N) is 2. The standard InChI is InChI=1S/C28H46N4O5/c1-7-9-11-17-30-25(34)24(21-14-12-13-20(3)19-21)32(18-10-8-2)26(35)22(15-16-23(29)33)31-27(36)37-28(4,5)6/h12-14,19,22,24H,7-11,15-18H2,1-6H3,(H2,29,33)(H,30,34)(H,31,36). The Kier molecular flexibility index (Phi) is 13.7. The van der Waals surface area contributed by atoms with Crippen LogP contribution in [0.25, 0.3) is 0 Å². The number of hydrogen-bond donors (Lipinski definition) is 3. The Hall–Kier alpha value is -3.10. The summed E-state index contributed by atoms with van der Waals surface area (Å²) in [6, 6.07) is 5.53. The van der Waals surface area contributed by atoms with Crippen LogP contribution in [0.1, 0.15) is 96.7 Å². The summed E-state index contributed by atoms with van der Waals surface area (Å²) in [6.45, 7) is 12.0. The van der Waals surface area contributed by atoms with Crippen molar-refractivity contribution in [2.75, 3.05) is 13.1 Å². The topological polar surface area (TPSA) is 131 Å². The van der Waals surface area contributed by atoms with Crippen molar-refractivity contribution in [1.29, 1.82) is 0 Å². The summed E-state index contributed by atoms with van der Waals surface area (Å²) in [5.41, 5.74) is 6.22. The van der Waals surface area contributed by atoms with Gasteiger partial charge in [0.2, 0.25) is 17.7 Å². The van der Waals surface area contributed by atoms with Crippen molar-refractivity contribution in [1.82, 2.24) is 15.5 Å². The predicted molar refractivity (Wildman–Crippen MR) is 145 cm³/mol. The van der Waals surface area contributed by atoms with Crippen LogP contribution in [0, 0.1) is 6.92 Å². The lowest BCUT2D eigenvalue weighted by Gasteiger charge is -2.34. The van der Waals surface area contributed by atoms with Crippen LogP contribution in [0.15, 0.2) is 24.3 Å². The molecule has 0 heterocycles. The SMILES string of the molecule is CCCCCNC(=O)C(c1cccc(C)c1)N(CCCC)C(=O)C(CCC(N)=O)NC(=O)OC(C)(C)C. The number of nitrogens with two attached hydrogens (primary N) is 1. The normalized spacial score (nSPS) is 12.8. The van der Waals surface area contributed by atoms with E-state index in [1.807, 2.05) is 38.1 Å². The number of ether oxygens (including phenoxy) is 1. The predicted octanol–water partition coefficient (Wildman–Crippen LogP) is 4.13. The average Bonchev–Trinajstić information content (AvgIpc) is 2.80. The third-order valence-electron chi connectivity index (χ3n) is 5.70. The van der Waals surface area contributed by atoms with Gasteiger partial charge in [-0.05, 0) is 52.5 Å². The summed E-state index contributed by atoms with van der Waals surface area (Å²) in [7, 11) is 0. The molecule has 0 aliphatic carbocycles. The fraction of sp³-hybridized carbons (Fsp3) is 0.643. The van der Waals surface area contributed by atoms with E-state index in [1.165, 1.54) is 4.90 Å². The second kappa shape index (κ2) is 15.9. The van der Waals surface area contributed by atoms with Gasteiger partial charge >= 0.3 is 6.09 Å². The van der Waals surface area contributed by atoms with E-state index < -0.39 is 35.6 Å². The molecule has 0 saturated heterocycles. The first-order chi connectivity index (χ1) is 17.4. The lowest BCUT2D eigenvalue weighted by Crippen LogP contribution is -2.53. The summed E-state index contributed by atoms with van der Waals surface area (Å²) in [6.07, 6.45) is 3.43. The van der Waals surface area contributed by atoms with Crippen LogP contribution in [-0.4, -0.2) is 53.4 Å². The van der Waals surface area contributed by atoms with Crippen molar-refractivity contribution >= 4 is 23.8 Å². The molecule has 208 valence electrons. The maximum atomic E-state index is 14.0. The van der Waals surface area contributed by atoms with Crippen molar-refractivity contribution in [2.24, 2.45) is 5.73 Å². The molecule has 0 fully saturated rings. The summed E-state index contributed by atoms with van der Waals surface area (Å²) in [5.74, 6) is -1.33. The molecule has 9 heteroatoms. The third-order valence-corrected chi connectivity index (χ3v) is 5.70. The molecule has 0 spiro atoms. The summed E-state index contributed by atoms with van der Waals surface area (Å²) in [5, 5.41) is 5.60. The number of aryl methyl sites for hydroxylation is 1. The van der Waals surface area contributed by atoms with E-state index in [-0.39, 0.29) is 18.7 Å². The first kappa shape index (κ1) is 31.9. The van der Waals surface area contributed by atoms with Crippen LogP contribution >= 0.6 is 0 Å². The number of alkyl carbamates (subject to hydrolysis) is 1. The van der Waals surface area contributed by atoms with Crippen LogP contribution in [0.5, 0.6) is 0 Å². The Morgan fingerprint density at radius 1 is 1.05 bits per heavy atom. The number of nitrogens with zero attached hydrogens (tertiary/aromatic N) is 1. The molecule has 2 unspecified atom stereocenters. The van der Waals surface area contributed by atoms with E-state index in [0.717, 1.165) is 31.2 Å². The molecule has 0 aliphatic heterocycles. The number of rotatable bonds is 15. The summed E-state index contributed by atoms with van der Waals surface area (Å²) < 4.78 is 5.35. The van der Waals surface area contributed by atoms with Crippen molar-refractivity contribution in [3.8, 4) is 0 Å². The molecular weight excluding hydrogens is 472 g/mol. The minimum Gasteiger partial charge on any atom is -0.444 e. The minimum absolute atomic E-state index is 0.00527. The molecule has 0 bridgehead atoms. The van der Waals surface area contributed by atoms with Gasteiger partial charge in [-0.3, -0.25) is 14.4 Å². The molecule has 0 radical (unpaired) electrons. The van der Waals surface area contributed by atoms with Gasteiger partial charge in [0, 0.05) is 19.5 Å². The van der Waals surface area contributed by atoms with Crippen molar-refractivity contribution in [3.05, 3.63) is 35.4 Å². The van der Waals surface area contributed by atoms with Crippen LogP contribution in [0.4, 0.5) is 4.79 Å². The molecular formula is C28H46N4O5. The first-order valence-corrected chi connectivity index (χ1v) is 13.3. The maximum absolute atomic E-state index is 14.0. The van der Waals surface area contributed by atoms with E-state index >= 15 is 0 Å². The molecule has 4 N–H and O–H groups in total. The highest BCUT2D eigenvalue weighted by Gasteiger charge is 2.36. The van der Waals surface area contributed by atoms with Gasteiger partial charge in [0.25, 0.3) is 0 Å². The molecule has 9 nitrogen and oxygen atoms in total. The van der Waals surface area contributed by atoms with E-state index in [0.29, 0.717) is 25.1 Å². The van der Waals surface area contributed by atoms with Gasteiger partial charge in [0.15, 0.2) is 0 Å². The number of unbranched alkanes of at least 4 members (excludes halogenated alkanes) is 3. The summed E-state index contributed by atoms with van der Waals surface area (Å²) in [4.78, 5) is 53.1. The fourth-order valence-corrected chi connectivity index (χ4v) is 3.89. The number of hydrogen-bond acceptors (Lipinski definition) is 5. The Balaban J connectivity index is 3.40. The highest BCUT2D eigenvalue weighted by atomic mass is 16.6. The fourth-order valence-electron chi connectivity index (χ4n) is 3.89. The van der Waals surface area contributed by atoms with Gasteiger partial charge in [-0.1, -0.05) is 62.9 Å². The van der Waals surface area contributed by atoms with E-state index in [9.17, 15) is 19.2 Å². The second-order valence-electron chi connectivity index (χ2n) is 10.4. The van der Waals surface area contributed by atoms with Crippen molar-refractivity contribution in [3.63, 3.8) is 0 Å². The zero-order valence-corrected chi connectivity index (χ0v) is 23.4. The van der Waals surface area contributed by atoms with Crippen LogP contribution in [-0.2, 0) is 19.1 Å². The monoisotopic (exact) mass is 518 g/mol. The van der Waals surface area contributed by atoms with Gasteiger partial charge in [-0.2, -0.15) is 0 Å². The summed E-state index contributed by atoms with van der Waals surface area (Å²) >= 11 is 0. The molecule has 37 heavy (non-hydrogen) atoms. The zero-order valence-electron chi connectivity index (χ0n) is 23.4. The minimum atomic E-state index is -1.08. The van der Waals surface area contributed by atoms with Gasteiger partial charge < -0.3 is 26.0 Å². The number of carbonyl (C=O) groups excluding carboxylic acids is 4. The van der Waals surface area contributed by atoms with Gasteiger partial charge in [0.1, 0.15) is 17.7 Å². The van der Waals surface area contributed by atoms with Gasteiger partial charge in [-0.25, -0.2) is 4.79 Å². The average molecular weight is 519 g/mol. The number of carbonyl (C=O) groups is 4. The third kappa shape index (κ3) is 12.1. The second-order valence-corrected chi connectivity index (χ2v) is 10.4. The molecule has 1 aromatic rings. The molecule has 4 amide bonds. The van der Waals surface area contributed by atoms with Crippen LogP contribution < -0.4 is 16.4 Å². The molecule has 0 saturated carbocycles. The van der Waals surface area contributed by atoms with Crippen LogP contribution in [0.2, 0.25) is 0 Å². The molecule has 0 aliphatic rings. The smallest absolute Gasteiger partial charge is 0.408 e. The van der Waals surface area contributed by atoms with Crippen LogP contribution in [0.3, 0.4) is 0 Å². The van der Waals surface area contributed by atoms with Crippen molar-refractivity contribution in [2.45, 2.75) is 104 Å². The quantitative estimate of drug-likeness (QED) is 0.301. The molecule has 1 aromatic carbocycles. The van der Waals surface area contributed by atoms with E-state index in [1.54, 1.807) is 20.8 Å². The number of primary amides is 1. The lowest BCUT2D eigenvalue weighted by atomic mass is 9.99. The highest BCUT2D eigenvalue weighted by molar-refractivity contribution is 5.92. The molecule has 0 aromatic heterocycles. The maximum Gasteiger partial charge on any atom is 0.408 e. The Bertz CT molecular complexity index is 897. The zero-order chi connectivity index (χ0) is 28.0. The Labute approximate surface area is 221 Å². The van der Waals surface area contributed by atoms with Gasteiger partial charge in [0.05, 0.1) is 0 Å². The van der Waals surface area contributed by atoms with E-state index in [2.05, 4.69) is 17.6 Å². The molecule has 2 atom stereocenters. The van der Waals surface area contributed by atoms with Gasteiger partial charge in [-0.15, -0.1) is 0 Å².